The van der Waals surface area contributed by atoms with Gasteiger partial charge in [0.25, 0.3) is 0 Å². The molecule has 0 fully saturated rings. The van der Waals surface area contributed by atoms with E-state index < -0.39 is 0 Å². The molecule has 1 aromatic heterocycles. The maximum atomic E-state index is 4.81. The molecule has 3 nitrogen and oxygen atoms in total. The predicted octanol–water partition coefficient (Wildman–Crippen LogP) is 3.35. The van der Waals surface area contributed by atoms with Gasteiger partial charge in [0.2, 0.25) is 0 Å². The van der Waals surface area contributed by atoms with Crippen LogP contribution in [-0.4, -0.2) is 22.3 Å². The summed E-state index contributed by atoms with van der Waals surface area (Å²) in [6.45, 7) is 9.07. The lowest BCUT2D eigenvalue weighted by Gasteiger charge is -2.36. The average molecular weight is 279 g/mol. The van der Waals surface area contributed by atoms with Gasteiger partial charge in [-0.3, -0.25) is 0 Å². The van der Waals surface area contributed by atoms with Crippen LogP contribution in [0.2, 0.25) is 0 Å². The minimum Gasteiger partial charge on any atom is -0.313 e. The number of fused-ring (bicyclic) bond motifs is 1. The number of thioether (sulfide) groups is 1. The molecule has 4 heteroatoms. The first-order valence-electron chi connectivity index (χ1n) is 7.05. The van der Waals surface area contributed by atoms with Crippen molar-refractivity contribution in [1.82, 2.24) is 15.3 Å². The molecule has 0 aliphatic heterocycles. The summed E-state index contributed by atoms with van der Waals surface area (Å²) in [7, 11) is 2.03. The molecule has 1 aliphatic rings. The van der Waals surface area contributed by atoms with Gasteiger partial charge in [-0.05, 0) is 30.6 Å². The highest BCUT2D eigenvalue weighted by atomic mass is 32.2. The molecule has 1 N–H and O–H groups in total. The molecule has 1 aliphatic carbocycles. The molecule has 0 bridgehead atoms. The van der Waals surface area contributed by atoms with E-state index in [1.165, 1.54) is 11.3 Å². The van der Waals surface area contributed by atoms with E-state index >= 15 is 0 Å². The first kappa shape index (κ1) is 14.8. The van der Waals surface area contributed by atoms with Gasteiger partial charge in [-0.25, -0.2) is 9.97 Å². The normalized spacial score (nSPS) is 21.5. The summed E-state index contributed by atoms with van der Waals surface area (Å²) >= 11 is 1.90. The van der Waals surface area contributed by atoms with Crippen LogP contribution in [0.3, 0.4) is 0 Å². The highest BCUT2D eigenvalue weighted by molar-refractivity contribution is 7.99. The zero-order valence-corrected chi connectivity index (χ0v) is 13.5. The Labute approximate surface area is 121 Å². The summed E-state index contributed by atoms with van der Waals surface area (Å²) in [6, 6.07) is 0.394. The van der Waals surface area contributed by atoms with E-state index in [-0.39, 0.29) is 0 Å². The van der Waals surface area contributed by atoms with Crippen molar-refractivity contribution in [3.05, 3.63) is 23.3 Å². The third-order valence-corrected chi connectivity index (χ3v) is 4.71. The Morgan fingerprint density at radius 2 is 2.21 bits per heavy atom. The van der Waals surface area contributed by atoms with Crippen LogP contribution in [0.15, 0.2) is 6.20 Å². The predicted molar refractivity (Wildman–Crippen MR) is 82.4 cm³/mol. The third kappa shape index (κ3) is 3.69. The van der Waals surface area contributed by atoms with E-state index in [2.05, 4.69) is 38.0 Å². The van der Waals surface area contributed by atoms with Crippen LogP contribution in [0.25, 0.3) is 0 Å². The molecule has 106 valence electrons. The van der Waals surface area contributed by atoms with Crippen LogP contribution in [0, 0.1) is 5.41 Å². The largest absolute Gasteiger partial charge is 0.313 e. The van der Waals surface area contributed by atoms with Gasteiger partial charge < -0.3 is 5.32 Å². The van der Waals surface area contributed by atoms with Crippen LogP contribution in [0.1, 0.15) is 57.2 Å². The van der Waals surface area contributed by atoms with Crippen molar-refractivity contribution < 1.29 is 0 Å². The standard InChI is InChI=1S/C15H25N3S/c1-10(2)19-9-14-17-8-11-12(16-5)6-15(3,4)7-13(11)18-14/h8,10,12,16H,6-7,9H2,1-5H3. The number of aromatic nitrogens is 2. The summed E-state index contributed by atoms with van der Waals surface area (Å²) in [5, 5.41) is 4.03. The molecule has 0 radical (unpaired) electrons. The highest BCUT2D eigenvalue weighted by Gasteiger charge is 2.32. The molecule has 0 spiro atoms. The fraction of sp³-hybridized carbons (Fsp3) is 0.733. The van der Waals surface area contributed by atoms with Gasteiger partial charge in [0.15, 0.2) is 0 Å². The van der Waals surface area contributed by atoms with E-state index in [1.54, 1.807) is 0 Å². The number of rotatable bonds is 4. The van der Waals surface area contributed by atoms with Crippen LogP contribution in [0.5, 0.6) is 0 Å². The smallest absolute Gasteiger partial charge is 0.138 e. The summed E-state index contributed by atoms with van der Waals surface area (Å²) < 4.78 is 0. The van der Waals surface area contributed by atoms with Crippen LogP contribution >= 0.6 is 11.8 Å². The molecule has 1 heterocycles. The quantitative estimate of drug-likeness (QED) is 0.917. The minimum atomic E-state index is 0.317. The first-order chi connectivity index (χ1) is 8.91. The van der Waals surface area contributed by atoms with Gasteiger partial charge in [-0.1, -0.05) is 27.7 Å². The third-order valence-electron chi connectivity index (χ3n) is 3.62. The summed E-state index contributed by atoms with van der Waals surface area (Å²) in [5.74, 6) is 1.89. The van der Waals surface area contributed by atoms with Crippen molar-refractivity contribution in [2.45, 2.75) is 57.6 Å². The Bertz CT molecular complexity index is 443. The fourth-order valence-electron chi connectivity index (χ4n) is 2.66. The number of nitrogens with one attached hydrogen (secondary N) is 1. The number of hydrogen-bond donors (Lipinski definition) is 1. The summed E-state index contributed by atoms with van der Waals surface area (Å²) in [4.78, 5) is 9.35. The second-order valence-corrected chi connectivity index (χ2v) is 8.00. The molecule has 1 aromatic rings. The zero-order chi connectivity index (χ0) is 14.0. The molecule has 19 heavy (non-hydrogen) atoms. The van der Waals surface area contributed by atoms with Crippen molar-refractivity contribution in [1.29, 1.82) is 0 Å². The lowest BCUT2D eigenvalue weighted by atomic mass is 9.74. The molecule has 0 aromatic carbocycles. The van der Waals surface area contributed by atoms with E-state index in [0.29, 0.717) is 16.7 Å². The topological polar surface area (TPSA) is 37.8 Å². The molecule has 0 saturated carbocycles. The molecule has 1 atom stereocenters. The zero-order valence-electron chi connectivity index (χ0n) is 12.7. The Morgan fingerprint density at radius 1 is 1.47 bits per heavy atom. The van der Waals surface area contributed by atoms with E-state index in [9.17, 15) is 0 Å². The molecule has 0 amide bonds. The van der Waals surface area contributed by atoms with Gasteiger partial charge in [0.05, 0.1) is 5.75 Å². The Hall–Kier alpha value is -0.610. The van der Waals surface area contributed by atoms with Crippen LogP contribution in [-0.2, 0) is 12.2 Å². The van der Waals surface area contributed by atoms with Crippen LogP contribution < -0.4 is 5.32 Å². The van der Waals surface area contributed by atoms with Crippen molar-refractivity contribution in [3.63, 3.8) is 0 Å². The van der Waals surface area contributed by atoms with Gasteiger partial charge >= 0.3 is 0 Å². The fourth-order valence-corrected chi connectivity index (χ4v) is 3.28. The van der Waals surface area contributed by atoms with Crippen molar-refractivity contribution >= 4 is 11.8 Å². The van der Waals surface area contributed by atoms with Gasteiger partial charge in [0.1, 0.15) is 5.82 Å². The average Bonchev–Trinajstić information content (AvgIpc) is 2.33. The summed E-state index contributed by atoms with van der Waals surface area (Å²) in [6.07, 6.45) is 4.25. The Balaban J connectivity index is 2.23. The van der Waals surface area contributed by atoms with Crippen molar-refractivity contribution in [3.8, 4) is 0 Å². The maximum absolute atomic E-state index is 4.81. The molecular formula is C15H25N3S. The van der Waals surface area contributed by atoms with Crippen LogP contribution in [0.4, 0.5) is 0 Å². The van der Waals surface area contributed by atoms with Gasteiger partial charge in [-0.2, -0.15) is 11.8 Å². The van der Waals surface area contributed by atoms with Gasteiger partial charge in [0, 0.05) is 23.5 Å². The van der Waals surface area contributed by atoms with E-state index in [4.69, 9.17) is 4.98 Å². The number of nitrogens with zero attached hydrogens (tertiary/aromatic N) is 2. The van der Waals surface area contributed by atoms with E-state index in [0.717, 1.165) is 24.4 Å². The molecular weight excluding hydrogens is 254 g/mol. The lowest BCUT2D eigenvalue weighted by Crippen LogP contribution is -2.32. The second-order valence-electron chi connectivity index (χ2n) is 6.43. The van der Waals surface area contributed by atoms with Crippen molar-refractivity contribution in [2.24, 2.45) is 5.41 Å². The van der Waals surface area contributed by atoms with E-state index in [1.807, 2.05) is 25.0 Å². The second kappa shape index (κ2) is 5.80. The monoisotopic (exact) mass is 279 g/mol. The SMILES string of the molecule is CNC1CC(C)(C)Cc2nc(CSC(C)C)ncc21. The molecule has 0 saturated heterocycles. The highest BCUT2D eigenvalue weighted by Crippen LogP contribution is 2.39. The minimum absolute atomic E-state index is 0.317. The summed E-state index contributed by atoms with van der Waals surface area (Å²) in [5.41, 5.74) is 2.85. The molecule has 1 unspecified atom stereocenters. The molecule has 2 rings (SSSR count). The van der Waals surface area contributed by atoms with Crippen molar-refractivity contribution in [2.75, 3.05) is 7.05 Å². The first-order valence-corrected chi connectivity index (χ1v) is 8.10. The van der Waals surface area contributed by atoms with Gasteiger partial charge in [-0.15, -0.1) is 0 Å². The number of hydrogen-bond acceptors (Lipinski definition) is 4. The Morgan fingerprint density at radius 3 is 2.84 bits per heavy atom. The maximum Gasteiger partial charge on any atom is 0.138 e. The lowest BCUT2D eigenvalue weighted by molar-refractivity contribution is 0.260. The Kier molecular flexibility index (Phi) is 4.51.